The summed E-state index contributed by atoms with van der Waals surface area (Å²) in [4.78, 5) is 35.6. The van der Waals surface area contributed by atoms with E-state index in [-0.39, 0.29) is 25.4 Å². The second-order valence-electron chi connectivity index (χ2n) is 6.53. The Morgan fingerprint density at radius 2 is 1.72 bits per heavy atom. The fourth-order valence-electron chi connectivity index (χ4n) is 2.46. The molecule has 0 fully saturated rings. The van der Waals surface area contributed by atoms with Gasteiger partial charge in [0, 0.05) is 33.7 Å². The maximum absolute atomic E-state index is 11.9. The van der Waals surface area contributed by atoms with Gasteiger partial charge in [-0.1, -0.05) is 33.6 Å². The van der Waals surface area contributed by atoms with Gasteiger partial charge >= 0.3 is 5.97 Å². The number of ether oxygens (including phenoxy) is 1. The average molecular weight is 482 g/mol. The zero-order valence-electron chi connectivity index (χ0n) is 16.2. The number of amides is 2. The van der Waals surface area contributed by atoms with Gasteiger partial charge < -0.3 is 15.4 Å². The monoisotopic (exact) mass is 480 g/mol. The average Bonchev–Trinajstić information content (AvgIpc) is 2.65. The van der Waals surface area contributed by atoms with Crippen LogP contribution in [0.5, 0.6) is 0 Å². The zero-order chi connectivity index (χ0) is 21.4. The van der Waals surface area contributed by atoms with Crippen LogP contribution in [0.1, 0.15) is 30.4 Å². The molecular weight excluding hydrogens is 460 g/mol. The van der Waals surface area contributed by atoms with Crippen LogP contribution in [-0.4, -0.2) is 24.4 Å². The Kier molecular flexibility index (Phi) is 8.67. The van der Waals surface area contributed by atoms with E-state index in [2.05, 4.69) is 26.6 Å². The summed E-state index contributed by atoms with van der Waals surface area (Å²) in [6, 6.07) is 10.7. The van der Waals surface area contributed by atoms with Gasteiger partial charge in [0.05, 0.1) is 0 Å². The van der Waals surface area contributed by atoms with E-state index in [9.17, 15) is 14.4 Å². The Balaban J connectivity index is 1.66. The number of carbonyl (C=O) groups is 3. The van der Waals surface area contributed by atoms with Gasteiger partial charge in [-0.05, 0) is 61.7 Å². The summed E-state index contributed by atoms with van der Waals surface area (Å²) in [6.45, 7) is 3.37. The number of esters is 1. The number of halogens is 2. The van der Waals surface area contributed by atoms with Crippen LogP contribution >= 0.6 is 27.5 Å². The highest BCUT2D eigenvalue weighted by atomic mass is 79.9. The number of benzene rings is 2. The molecule has 0 saturated carbocycles. The number of anilines is 2. The summed E-state index contributed by atoms with van der Waals surface area (Å²) < 4.78 is 5.87. The third kappa shape index (κ3) is 7.87. The van der Waals surface area contributed by atoms with E-state index in [1.54, 1.807) is 18.2 Å². The van der Waals surface area contributed by atoms with Crippen molar-refractivity contribution in [2.24, 2.45) is 0 Å². The van der Waals surface area contributed by atoms with Crippen LogP contribution in [0.4, 0.5) is 11.4 Å². The molecule has 8 heteroatoms. The molecule has 29 heavy (non-hydrogen) atoms. The first-order valence-electron chi connectivity index (χ1n) is 9.02. The first-order chi connectivity index (χ1) is 13.7. The molecule has 0 saturated heterocycles. The van der Waals surface area contributed by atoms with Crippen molar-refractivity contribution in [3.05, 3.63) is 57.0 Å². The quantitative estimate of drug-likeness (QED) is 0.519. The maximum atomic E-state index is 11.9. The van der Waals surface area contributed by atoms with Gasteiger partial charge in [-0.2, -0.15) is 0 Å². The molecule has 2 N–H and O–H groups in total. The van der Waals surface area contributed by atoms with E-state index in [4.69, 9.17) is 16.3 Å². The molecule has 0 radical (unpaired) electrons. The minimum atomic E-state index is -0.529. The van der Waals surface area contributed by atoms with E-state index in [0.29, 0.717) is 22.8 Å². The Morgan fingerprint density at radius 3 is 2.41 bits per heavy atom. The van der Waals surface area contributed by atoms with Crippen molar-refractivity contribution >= 4 is 56.7 Å². The minimum absolute atomic E-state index is 0.0483. The Hall–Kier alpha value is -2.38. The molecule has 0 spiro atoms. The maximum Gasteiger partial charge on any atom is 0.306 e. The van der Waals surface area contributed by atoms with E-state index in [1.165, 1.54) is 0 Å². The van der Waals surface area contributed by atoms with Crippen molar-refractivity contribution in [1.29, 1.82) is 0 Å². The van der Waals surface area contributed by atoms with Crippen molar-refractivity contribution < 1.29 is 19.1 Å². The largest absolute Gasteiger partial charge is 0.456 e. The van der Waals surface area contributed by atoms with Crippen LogP contribution in [0.15, 0.2) is 40.9 Å². The van der Waals surface area contributed by atoms with Crippen molar-refractivity contribution in [1.82, 2.24) is 0 Å². The van der Waals surface area contributed by atoms with E-state index >= 15 is 0 Å². The molecule has 0 unspecified atom stereocenters. The predicted molar refractivity (Wildman–Crippen MR) is 117 cm³/mol. The second kappa shape index (κ2) is 11.0. The number of aryl methyl sites for hydroxylation is 2. The molecule has 0 heterocycles. The standard InChI is InChI=1S/C21H22BrClN2O4/c1-13-6-8-16(11-17(13)23)24-19(26)4-3-5-21(28)29-12-20(27)25-18-9-7-15(22)10-14(18)2/h6-11H,3-5,12H2,1-2H3,(H,24,26)(H,25,27). The lowest BCUT2D eigenvalue weighted by Gasteiger charge is -2.09. The minimum Gasteiger partial charge on any atom is -0.456 e. The van der Waals surface area contributed by atoms with Gasteiger partial charge in [-0.3, -0.25) is 14.4 Å². The van der Waals surface area contributed by atoms with E-state index < -0.39 is 11.9 Å². The highest BCUT2D eigenvalue weighted by molar-refractivity contribution is 9.10. The van der Waals surface area contributed by atoms with Crippen LogP contribution in [0, 0.1) is 13.8 Å². The zero-order valence-corrected chi connectivity index (χ0v) is 18.5. The summed E-state index contributed by atoms with van der Waals surface area (Å²) in [6.07, 6.45) is 0.523. The number of carbonyl (C=O) groups excluding carboxylic acids is 3. The van der Waals surface area contributed by atoms with Gasteiger partial charge in [0.15, 0.2) is 6.61 Å². The van der Waals surface area contributed by atoms with Crippen LogP contribution in [0.25, 0.3) is 0 Å². The first kappa shape index (κ1) is 22.9. The van der Waals surface area contributed by atoms with Crippen molar-refractivity contribution in [3.8, 4) is 0 Å². The fraction of sp³-hybridized carbons (Fsp3) is 0.286. The summed E-state index contributed by atoms with van der Waals surface area (Å²) in [5, 5.41) is 5.99. The van der Waals surface area contributed by atoms with E-state index in [0.717, 1.165) is 15.6 Å². The number of nitrogens with one attached hydrogen (secondary N) is 2. The van der Waals surface area contributed by atoms with Crippen molar-refractivity contribution in [2.75, 3.05) is 17.2 Å². The lowest BCUT2D eigenvalue weighted by Crippen LogP contribution is -2.21. The van der Waals surface area contributed by atoms with Gasteiger partial charge in [0.1, 0.15) is 0 Å². The lowest BCUT2D eigenvalue weighted by atomic mass is 10.2. The van der Waals surface area contributed by atoms with Crippen LogP contribution in [0.2, 0.25) is 5.02 Å². The third-order valence-corrected chi connectivity index (χ3v) is 4.97. The molecule has 0 aromatic heterocycles. The molecule has 0 aliphatic heterocycles. The second-order valence-corrected chi connectivity index (χ2v) is 7.86. The van der Waals surface area contributed by atoms with Gasteiger partial charge in [-0.15, -0.1) is 0 Å². The topological polar surface area (TPSA) is 84.5 Å². The molecule has 154 valence electrons. The normalized spacial score (nSPS) is 10.3. The summed E-state index contributed by atoms with van der Waals surface area (Å²) in [5.41, 5.74) is 3.07. The van der Waals surface area contributed by atoms with Crippen molar-refractivity contribution in [3.63, 3.8) is 0 Å². The summed E-state index contributed by atoms with van der Waals surface area (Å²) >= 11 is 9.38. The summed E-state index contributed by atoms with van der Waals surface area (Å²) in [5.74, 6) is -1.17. The molecule has 0 atom stereocenters. The highest BCUT2D eigenvalue weighted by Crippen LogP contribution is 2.21. The van der Waals surface area contributed by atoms with E-state index in [1.807, 2.05) is 32.0 Å². The molecule has 2 aromatic rings. The smallest absolute Gasteiger partial charge is 0.306 e. The molecular formula is C21H22BrClN2O4. The van der Waals surface area contributed by atoms with Crippen LogP contribution < -0.4 is 10.6 Å². The predicted octanol–water partition coefficient (Wildman–Crippen LogP) is 5.01. The molecule has 0 aliphatic carbocycles. The molecule has 2 amide bonds. The fourth-order valence-corrected chi connectivity index (χ4v) is 3.12. The molecule has 2 aromatic carbocycles. The van der Waals surface area contributed by atoms with Gasteiger partial charge in [0.25, 0.3) is 5.91 Å². The number of hydrogen-bond acceptors (Lipinski definition) is 4. The Bertz CT molecular complexity index is 918. The van der Waals surface area contributed by atoms with Gasteiger partial charge in [-0.25, -0.2) is 0 Å². The van der Waals surface area contributed by atoms with Crippen molar-refractivity contribution in [2.45, 2.75) is 33.1 Å². The van der Waals surface area contributed by atoms with Crippen LogP contribution in [0.3, 0.4) is 0 Å². The number of rotatable bonds is 8. The molecule has 6 nitrogen and oxygen atoms in total. The number of hydrogen-bond donors (Lipinski definition) is 2. The Morgan fingerprint density at radius 1 is 0.966 bits per heavy atom. The van der Waals surface area contributed by atoms with Gasteiger partial charge in [0.2, 0.25) is 5.91 Å². The highest BCUT2D eigenvalue weighted by Gasteiger charge is 2.11. The molecule has 2 rings (SSSR count). The molecule has 0 bridgehead atoms. The van der Waals surface area contributed by atoms with Crippen LogP contribution in [-0.2, 0) is 19.1 Å². The third-order valence-electron chi connectivity index (χ3n) is 4.07. The first-order valence-corrected chi connectivity index (χ1v) is 10.2. The molecule has 0 aliphatic rings. The summed E-state index contributed by atoms with van der Waals surface area (Å²) in [7, 11) is 0. The lowest BCUT2D eigenvalue weighted by molar-refractivity contribution is -0.147. The Labute approximate surface area is 183 Å². The SMILES string of the molecule is Cc1ccc(NC(=O)CCCC(=O)OCC(=O)Nc2ccc(Br)cc2C)cc1Cl.